The lowest BCUT2D eigenvalue weighted by Crippen LogP contribution is -2.11. The maximum atomic E-state index is 10.4. The summed E-state index contributed by atoms with van der Waals surface area (Å²) in [4.78, 5) is 0. The molecule has 0 atom stereocenters. The van der Waals surface area contributed by atoms with E-state index in [1.54, 1.807) is 12.1 Å². The maximum absolute atomic E-state index is 10.4. The van der Waals surface area contributed by atoms with Gasteiger partial charge in [0.05, 0.1) is 6.61 Å². The van der Waals surface area contributed by atoms with Crippen LogP contribution in [-0.4, -0.2) is 44.5 Å². The molecule has 0 unspecified atom stereocenters. The Hall–Kier alpha value is -2.39. The lowest BCUT2D eigenvalue weighted by Gasteiger charge is -2.06. The second-order valence-electron chi connectivity index (χ2n) is 5.14. The fourth-order valence-corrected chi connectivity index (χ4v) is 2.28. The molecule has 2 aromatic carbocycles. The Labute approximate surface area is 152 Å². The minimum absolute atomic E-state index is 0.000321. The highest BCUT2D eigenvalue weighted by Crippen LogP contribution is 2.16. The second kappa shape index (κ2) is 9.93. The van der Waals surface area contributed by atoms with Crippen LogP contribution in [-0.2, 0) is 14.6 Å². The van der Waals surface area contributed by atoms with Crippen LogP contribution in [0.2, 0.25) is 0 Å². The van der Waals surface area contributed by atoms with Crippen LogP contribution in [0, 0.1) is 0 Å². The number of hydrogen-bond donors (Lipinski definition) is 2. The van der Waals surface area contributed by atoms with Gasteiger partial charge in [-0.2, -0.15) is 8.42 Å². The zero-order valence-corrected chi connectivity index (χ0v) is 14.8. The maximum Gasteiger partial charge on any atom is 0.397 e. The third-order valence-corrected chi connectivity index (χ3v) is 3.64. The van der Waals surface area contributed by atoms with Crippen LogP contribution in [0.3, 0.4) is 0 Å². The van der Waals surface area contributed by atoms with Gasteiger partial charge < -0.3 is 14.6 Å². The summed E-state index contributed by atoms with van der Waals surface area (Å²) in [6.45, 7) is -0.0152. The molecule has 0 aromatic heterocycles. The molecule has 0 bridgehead atoms. The van der Waals surface area contributed by atoms with Crippen molar-refractivity contribution in [3.63, 3.8) is 0 Å². The Bertz CT molecular complexity index is 796. The predicted molar refractivity (Wildman–Crippen MR) is 97.4 cm³/mol. The molecule has 7 nitrogen and oxygen atoms in total. The monoisotopic (exact) mass is 380 g/mol. The molecule has 0 amide bonds. The van der Waals surface area contributed by atoms with Gasteiger partial charge in [0, 0.05) is 0 Å². The van der Waals surface area contributed by atoms with Gasteiger partial charge in [-0.25, -0.2) is 4.18 Å². The number of hydrogen-bond acceptors (Lipinski definition) is 6. The lowest BCUT2D eigenvalue weighted by molar-refractivity contribution is 0.201. The van der Waals surface area contributed by atoms with E-state index in [0.29, 0.717) is 11.5 Å². The number of benzene rings is 2. The van der Waals surface area contributed by atoms with E-state index in [1.807, 2.05) is 48.6 Å². The van der Waals surface area contributed by atoms with E-state index in [2.05, 4.69) is 4.18 Å². The quantitative estimate of drug-likeness (QED) is 0.371. The molecular weight excluding hydrogens is 360 g/mol. The smallest absolute Gasteiger partial charge is 0.397 e. The van der Waals surface area contributed by atoms with Gasteiger partial charge in [0.15, 0.2) is 0 Å². The Kier molecular flexibility index (Phi) is 7.61. The SMILES string of the molecule is O=S(=O)(O)OCCOc1ccc(/C=C/c2ccc(OCCO)cc2)cc1. The van der Waals surface area contributed by atoms with Gasteiger partial charge in [0.1, 0.15) is 31.3 Å². The molecule has 140 valence electrons. The molecule has 0 spiro atoms. The first kappa shape index (κ1) is 19.9. The molecule has 0 saturated carbocycles. The van der Waals surface area contributed by atoms with Gasteiger partial charge in [-0.1, -0.05) is 36.4 Å². The molecule has 0 radical (unpaired) electrons. The first-order chi connectivity index (χ1) is 12.5. The molecular formula is C18H20O7S. The minimum Gasteiger partial charge on any atom is -0.491 e. The van der Waals surface area contributed by atoms with E-state index in [9.17, 15) is 8.42 Å². The summed E-state index contributed by atoms with van der Waals surface area (Å²) in [5.41, 5.74) is 1.97. The summed E-state index contributed by atoms with van der Waals surface area (Å²) < 4.78 is 44.0. The van der Waals surface area contributed by atoms with Gasteiger partial charge >= 0.3 is 10.4 Å². The Balaban J connectivity index is 1.83. The molecule has 0 aliphatic rings. The lowest BCUT2D eigenvalue weighted by atomic mass is 10.1. The van der Waals surface area contributed by atoms with Crippen LogP contribution in [0.25, 0.3) is 12.2 Å². The highest BCUT2D eigenvalue weighted by atomic mass is 32.3. The van der Waals surface area contributed by atoms with Gasteiger partial charge in [0.2, 0.25) is 0 Å². The van der Waals surface area contributed by atoms with Crippen molar-refractivity contribution < 1.29 is 31.7 Å². The fraction of sp³-hybridized carbons (Fsp3) is 0.222. The first-order valence-corrected chi connectivity index (χ1v) is 9.19. The molecule has 0 heterocycles. The van der Waals surface area contributed by atoms with Crippen molar-refractivity contribution in [1.82, 2.24) is 0 Å². The van der Waals surface area contributed by atoms with Crippen molar-refractivity contribution >= 4 is 22.6 Å². The molecule has 2 rings (SSSR count). The highest BCUT2D eigenvalue weighted by molar-refractivity contribution is 7.80. The van der Waals surface area contributed by atoms with Gasteiger partial charge in [-0.05, 0) is 35.4 Å². The molecule has 2 N–H and O–H groups in total. The van der Waals surface area contributed by atoms with Crippen LogP contribution in [0.15, 0.2) is 48.5 Å². The topological polar surface area (TPSA) is 102 Å². The fourth-order valence-electron chi connectivity index (χ4n) is 2.01. The van der Waals surface area contributed by atoms with E-state index >= 15 is 0 Å². The molecule has 2 aromatic rings. The minimum atomic E-state index is -4.43. The number of aliphatic hydroxyl groups excluding tert-OH is 1. The first-order valence-electron chi connectivity index (χ1n) is 7.83. The molecule has 26 heavy (non-hydrogen) atoms. The van der Waals surface area contributed by atoms with Crippen molar-refractivity contribution in [3.8, 4) is 11.5 Å². The van der Waals surface area contributed by atoms with Crippen molar-refractivity contribution in [3.05, 3.63) is 59.7 Å². The Morgan fingerprint density at radius 2 is 1.23 bits per heavy atom. The van der Waals surface area contributed by atoms with Crippen LogP contribution < -0.4 is 9.47 Å². The normalized spacial score (nSPS) is 11.6. The van der Waals surface area contributed by atoms with E-state index in [1.165, 1.54) is 0 Å². The molecule has 0 saturated heterocycles. The summed E-state index contributed by atoms with van der Waals surface area (Å²) in [5.74, 6) is 1.27. The number of aliphatic hydroxyl groups is 1. The zero-order valence-electron chi connectivity index (χ0n) is 13.9. The second-order valence-corrected chi connectivity index (χ2v) is 6.23. The van der Waals surface area contributed by atoms with Crippen molar-refractivity contribution in [2.45, 2.75) is 0 Å². The van der Waals surface area contributed by atoms with E-state index in [0.717, 1.165) is 11.1 Å². The largest absolute Gasteiger partial charge is 0.491 e. The third-order valence-electron chi connectivity index (χ3n) is 3.17. The van der Waals surface area contributed by atoms with Crippen LogP contribution in [0.1, 0.15) is 11.1 Å². The molecule has 0 aliphatic heterocycles. The van der Waals surface area contributed by atoms with E-state index < -0.39 is 10.4 Å². The zero-order chi connectivity index (χ0) is 18.8. The Morgan fingerprint density at radius 3 is 1.65 bits per heavy atom. The summed E-state index contributed by atoms with van der Waals surface area (Å²) in [6, 6.07) is 14.7. The van der Waals surface area contributed by atoms with Crippen molar-refractivity contribution in [1.29, 1.82) is 0 Å². The average molecular weight is 380 g/mol. The molecule has 8 heteroatoms. The standard InChI is InChI=1S/C18H20O7S/c19-11-12-23-17-7-3-15(4-8-17)1-2-16-5-9-18(10-6-16)24-13-14-25-26(20,21)22/h1-10,19H,11-14H2,(H,20,21,22)/b2-1+. The average Bonchev–Trinajstić information content (AvgIpc) is 2.63. The van der Waals surface area contributed by atoms with Gasteiger partial charge in [-0.15, -0.1) is 0 Å². The summed E-state index contributed by atoms with van der Waals surface area (Å²) in [7, 11) is -4.43. The van der Waals surface area contributed by atoms with Crippen LogP contribution in [0.5, 0.6) is 11.5 Å². The van der Waals surface area contributed by atoms with Crippen molar-refractivity contribution in [2.24, 2.45) is 0 Å². The van der Waals surface area contributed by atoms with Crippen LogP contribution >= 0.6 is 0 Å². The predicted octanol–water partition coefficient (Wildman–Crippen LogP) is 2.43. The van der Waals surface area contributed by atoms with E-state index in [4.69, 9.17) is 19.1 Å². The summed E-state index contributed by atoms with van der Waals surface area (Å²) in [6.07, 6.45) is 3.89. The summed E-state index contributed by atoms with van der Waals surface area (Å²) >= 11 is 0. The van der Waals surface area contributed by atoms with Crippen LogP contribution in [0.4, 0.5) is 0 Å². The van der Waals surface area contributed by atoms with Gasteiger partial charge in [0.25, 0.3) is 0 Å². The molecule has 0 fully saturated rings. The highest BCUT2D eigenvalue weighted by Gasteiger charge is 2.03. The van der Waals surface area contributed by atoms with Crippen molar-refractivity contribution in [2.75, 3.05) is 26.4 Å². The van der Waals surface area contributed by atoms with Gasteiger partial charge in [-0.3, -0.25) is 4.55 Å². The third kappa shape index (κ3) is 7.66. The van der Waals surface area contributed by atoms with E-state index in [-0.39, 0.29) is 26.4 Å². The number of ether oxygens (including phenoxy) is 2. The Morgan fingerprint density at radius 1 is 0.769 bits per heavy atom. The molecule has 0 aliphatic carbocycles. The number of rotatable bonds is 10. The summed E-state index contributed by atoms with van der Waals surface area (Å²) in [5, 5.41) is 8.72.